The summed E-state index contributed by atoms with van der Waals surface area (Å²) in [6.45, 7) is 2.16. The van der Waals surface area contributed by atoms with E-state index in [1.165, 1.54) is 31.2 Å². The average molecular weight is 359 g/mol. The van der Waals surface area contributed by atoms with Gasteiger partial charge in [-0.2, -0.15) is 0 Å². The van der Waals surface area contributed by atoms with E-state index < -0.39 is 10.0 Å². The first-order valence-electron chi connectivity index (χ1n) is 7.61. The molecule has 1 aliphatic rings. The minimum Gasteiger partial charge on any atom is -0.322 e. The minimum atomic E-state index is -3.79. The number of amides is 2. The third-order valence-electron chi connectivity index (χ3n) is 4.06. The smallest absolute Gasteiger partial charge is 0.255 e. The molecule has 3 rings (SSSR count). The molecule has 0 aromatic heterocycles. The van der Waals surface area contributed by atoms with Crippen LogP contribution >= 0.6 is 0 Å². The number of rotatable bonds is 3. The van der Waals surface area contributed by atoms with Crippen molar-refractivity contribution in [3.63, 3.8) is 0 Å². The summed E-state index contributed by atoms with van der Waals surface area (Å²) in [5.41, 5.74) is 2.79. The Bertz CT molecular complexity index is 952. The number of carbonyl (C=O) groups excluding carboxylic acids is 2. The number of nitrogens with zero attached hydrogens (tertiary/aromatic N) is 1. The molecule has 0 spiro atoms. The molecule has 0 bridgehead atoms. The van der Waals surface area contributed by atoms with Crippen molar-refractivity contribution in [2.24, 2.45) is 5.14 Å². The van der Waals surface area contributed by atoms with Gasteiger partial charge in [-0.3, -0.25) is 9.59 Å². The number of sulfonamides is 1. The lowest BCUT2D eigenvalue weighted by Gasteiger charge is -2.15. The minimum absolute atomic E-state index is 0.00881. The van der Waals surface area contributed by atoms with Crippen molar-refractivity contribution in [1.82, 2.24) is 0 Å². The van der Waals surface area contributed by atoms with Crippen LogP contribution in [0.1, 0.15) is 22.8 Å². The highest BCUT2D eigenvalue weighted by Crippen LogP contribution is 2.30. The zero-order chi connectivity index (χ0) is 18.2. The van der Waals surface area contributed by atoms with E-state index in [9.17, 15) is 18.0 Å². The number of carbonyl (C=O) groups is 2. The Balaban J connectivity index is 1.77. The first-order valence-corrected chi connectivity index (χ1v) is 9.15. The number of hydrogen-bond donors (Lipinski definition) is 2. The van der Waals surface area contributed by atoms with E-state index in [0.717, 1.165) is 17.7 Å². The highest BCUT2D eigenvalue weighted by molar-refractivity contribution is 7.89. The van der Waals surface area contributed by atoms with Gasteiger partial charge in [-0.25, -0.2) is 13.6 Å². The molecule has 0 saturated carbocycles. The fourth-order valence-electron chi connectivity index (χ4n) is 2.81. The standard InChI is InChI=1S/C17H17N3O4S/c1-11(21)20-9-8-13-10-14(4-7-16(13)20)19-17(22)12-2-5-15(6-3-12)25(18,23)24/h2-7,10H,8-9H2,1H3,(H,19,22)(H2,18,23,24). The zero-order valence-electron chi connectivity index (χ0n) is 13.5. The summed E-state index contributed by atoms with van der Waals surface area (Å²) in [6, 6.07) is 10.8. The Morgan fingerprint density at radius 3 is 2.40 bits per heavy atom. The molecule has 3 N–H and O–H groups in total. The van der Waals surface area contributed by atoms with Crippen LogP contribution in [-0.4, -0.2) is 26.8 Å². The Labute approximate surface area is 145 Å². The summed E-state index contributed by atoms with van der Waals surface area (Å²) in [4.78, 5) is 25.5. The Morgan fingerprint density at radius 1 is 1.12 bits per heavy atom. The van der Waals surface area contributed by atoms with Gasteiger partial charge < -0.3 is 10.2 Å². The summed E-state index contributed by atoms with van der Waals surface area (Å²) in [6.07, 6.45) is 0.738. The highest BCUT2D eigenvalue weighted by atomic mass is 32.2. The number of nitrogens with two attached hydrogens (primary N) is 1. The summed E-state index contributed by atoms with van der Waals surface area (Å²) in [5, 5.41) is 7.80. The largest absolute Gasteiger partial charge is 0.322 e. The van der Waals surface area contributed by atoms with E-state index in [1.54, 1.807) is 11.0 Å². The van der Waals surface area contributed by atoms with E-state index in [2.05, 4.69) is 5.32 Å². The van der Waals surface area contributed by atoms with Crippen molar-refractivity contribution in [2.75, 3.05) is 16.8 Å². The van der Waals surface area contributed by atoms with Crippen molar-refractivity contribution in [2.45, 2.75) is 18.2 Å². The molecule has 0 saturated heterocycles. The molecule has 1 heterocycles. The van der Waals surface area contributed by atoms with Gasteiger partial charge in [0.05, 0.1) is 4.90 Å². The fourth-order valence-corrected chi connectivity index (χ4v) is 3.32. The van der Waals surface area contributed by atoms with E-state index in [1.807, 2.05) is 12.1 Å². The maximum absolute atomic E-state index is 12.3. The maximum Gasteiger partial charge on any atom is 0.255 e. The molecule has 25 heavy (non-hydrogen) atoms. The van der Waals surface area contributed by atoms with Gasteiger partial charge in [0.25, 0.3) is 5.91 Å². The Kier molecular flexibility index (Phi) is 4.32. The van der Waals surface area contributed by atoms with Gasteiger partial charge in [0.1, 0.15) is 0 Å². The van der Waals surface area contributed by atoms with Gasteiger partial charge in [0, 0.05) is 30.4 Å². The monoisotopic (exact) mass is 359 g/mol. The average Bonchev–Trinajstić information content (AvgIpc) is 2.97. The number of fused-ring (bicyclic) bond motifs is 1. The maximum atomic E-state index is 12.3. The quantitative estimate of drug-likeness (QED) is 0.865. The van der Waals surface area contributed by atoms with Crippen LogP contribution in [0.2, 0.25) is 0 Å². The van der Waals surface area contributed by atoms with Crippen LogP contribution in [0.4, 0.5) is 11.4 Å². The van der Waals surface area contributed by atoms with Gasteiger partial charge in [-0.05, 0) is 54.4 Å². The number of nitrogens with one attached hydrogen (secondary N) is 1. The number of anilines is 2. The van der Waals surface area contributed by atoms with Gasteiger partial charge in [-0.15, -0.1) is 0 Å². The number of primary sulfonamides is 1. The summed E-state index contributed by atoms with van der Waals surface area (Å²) in [5.74, 6) is -0.368. The SMILES string of the molecule is CC(=O)N1CCc2cc(NC(=O)c3ccc(S(N)(=O)=O)cc3)ccc21. The predicted octanol–water partition coefficient (Wildman–Crippen LogP) is 1.50. The van der Waals surface area contributed by atoms with Crippen LogP contribution in [0.3, 0.4) is 0 Å². The van der Waals surface area contributed by atoms with Gasteiger partial charge in [0.2, 0.25) is 15.9 Å². The first kappa shape index (κ1) is 17.1. The number of hydrogen-bond acceptors (Lipinski definition) is 4. The molecule has 2 amide bonds. The second kappa shape index (κ2) is 6.30. The molecule has 2 aromatic rings. The molecule has 0 unspecified atom stereocenters. The Morgan fingerprint density at radius 2 is 1.80 bits per heavy atom. The second-order valence-electron chi connectivity index (χ2n) is 5.79. The van der Waals surface area contributed by atoms with E-state index in [-0.39, 0.29) is 16.7 Å². The lowest BCUT2D eigenvalue weighted by molar-refractivity contribution is -0.116. The molecular weight excluding hydrogens is 342 g/mol. The molecule has 0 fully saturated rings. The molecule has 7 nitrogen and oxygen atoms in total. The van der Waals surface area contributed by atoms with Crippen LogP contribution in [-0.2, 0) is 21.2 Å². The van der Waals surface area contributed by atoms with Gasteiger partial charge in [0.15, 0.2) is 0 Å². The van der Waals surface area contributed by atoms with E-state index in [0.29, 0.717) is 17.8 Å². The molecule has 1 aliphatic heterocycles. The van der Waals surface area contributed by atoms with Gasteiger partial charge >= 0.3 is 0 Å². The molecular formula is C17H17N3O4S. The molecule has 2 aromatic carbocycles. The highest BCUT2D eigenvalue weighted by Gasteiger charge is 2.22. The van der Waals surface area contributed by atoms with Crippen LogP contribution < -0.4 is 15.4 Å². The zero-order valence-corrected chi connectivity index (χ0v) is 14.3. The molecule has 8 heteroatoms. The van der Waals surface area contributed by atoms with Crippen molar-refractivity contribution in [1.29, 1.82) is 0 Å². The normalized spacial score (nSPS) is 13.4. The van der Waals surface area contributed by atoms with Crippen molar-refractivity contribution >= 4 is 33.2 Å². The lowest BCUT2D eigenvalue weighted by atomic mass is 10.1. The second-order valence-corrected chi connectivity index (χ2v) is 7.35. The Hall–Kier alpha value is -2.71. The topological polar surface area (TPSA) is 110 Å². The summed E-state index contributed by atoms with van der Waals surface area (Å²) >= 11 is 0. The van der Waals surface area contributed by atoms with E-state index in [4.69, 9.17) is 5.14 Å². The molecule has 130 valence electrons. The van der Waals surface area contributed by atoms with Crippen molar-refractivity contribution in [3.05, 3.63) is 53.6 Å². The predicted molar refractivity (Wildman–Crippen MR) is 93.9 cm³/mol. The third kappa shape index (κ3) is 3.54. The van der Waals surface area contributed by atoms with Crippen LogP contribution in [0.15, 0.2) is 47.4 Å². The summed E-state index contributed by atoms with van der Waals surface area (Å²) in [7, 11) is -3.79. The summed E-state index contributed by atoms with van der Waals surface area (Å²) < 4.78 is 22.5. The van der Waals surface area contributed by atoms with Crippen molar-refractivity contribution in [3.8, 4) is 0 Å². The van der Waals surface area contributed by atoms with Gasteiger partial charge in [-0.1, -0.05) is 0 Å². The van der Waals surface area contributed by atoms with E-state index >= 15 is 0 Å². The lowest BCUT2D eigenvalue weighted by Crippen LogP contribution is -2.25. The van der Waals surface area contributed by atoms with Crippen molar-refractivity contribution < 1.29 is 18.0 Å². The molecule has 0 radical (unpaired) electrons. The molecule has 0 aliphatic carbocycles. The fraction of sp³-hybridized carbons (Fsp3) is 0.176. The van der Waals surface area contributed by atoms with Crippen LogP contribution in [0, 0.1) is 0 Å². The van der Waals surface area contributed by atoms with Crippen LogP contribution in [0.25, 0.3) is 0 Å². The molecule has 0 atom stereocenters. The number of benzene rings is 2. The third-order valence-corrected chi connectivity index (χ3v) is 4.99. The first-order chi connectivity index (χ1) is 11.8. The van der Waals surface area contributed by atoms with Crippen LogP contribution in [0.5, 0.6) is 0 Å².